The molecule has 0 unspecified atom stereocenters. The molecule has 2 aromatic rings. The predicted octanol–water partition coefficient (Wildman–Crippen LogP) is 1.39. The first-order valence-electron chi connectivity index (χ1n) is 3.83. The van der Waals surface area contributed by atoms with Gasteiger partial charge in [0.15, 0.2) is 0 Å². The average molecular weight is 206 g/mol. The van der Waals surface area contributed by atoms with Crippen LogP contribution in [0.5, 0.6) is 5.75 Å². The van der Waals surface area contributed by atoms with Crippen molar-refractivity contribution in [1.82, 2.24) is 14.8 Å². The van der Waals surface area contributed by atoms with Gasteiger partial charge in [-0.2, -0.15) is 0 Å². The van der Waals surface area contributed by atoms with Crippen molar-refractivity contribution >= 4 is 22.9 Å². The van der Waals surface area contributed by atoms with Crippen LogP contribution in [0.2, 0.25) is 0 Å². The number of phenolic OH excluding ortho intramolecular Hbond substituents is 1. The first kappa shape index (κ1) is 8.76. The van der Waals surface area contributed by atoms with Crippen molar-refractivity contribution < 1.29 is 5.11 Å². The molecule has 0 aliphatic carbocycles. The lowest BCUT2D eigenvalue weighted by Gasteiger charge is -1.94. The summed E-state index contributed by atoms with van der Waals surface area (Å²) >= 11 is 1.10. The first-order valence-corrected chi connectivity index (χ1v) is 4.61. The number of aromatic hydroxyl groups is 1. The first-order chi connectivity index (χ1) is 6.86. The summed E-state index contributed by atoms with van der Waals surface area (Å²) in [5.74, 6) is 0.189. The lowest BCUT2D eigenvalue weighted by molar-refractivity contribution is 0.474. The van der Waals surface area contributed by atoms with Gasteiger partial charge in [-0.05, 0) is 17.3 Å². The van der Waals surface area contributed by atoms with Crippen LogP contribution in [-0.2, 0) is 0 Å². The number of nitrogens with zero attached hydrogens (tertiary/aromatic N) is 4. The van der Waals surface area contributed by atoms with E-state index in [9.17, 15) is 5.11 Å². The predicted molar refractivity (Wildman–Crippen MR) is 53.1 cm³/mol. The van der Waals surface area contributed by atoms with Gasteiger partial charge in [0.05, 0.1) is 0 Å². The van der Waals surface area contributed by atoms with Crippen molar-refractivity contribution in [3.8, 4) is 5.75 Å². The molecule has 0 aliphatic rings. The lowest BCUT2D eigenvalue weighted by atomic mass is 10.2. The van der Waals surface area contributed by atoms with Gasteiger partial charge >= 0.3 is 0 Å². The molecule has 0 aliphatic heterocycles. The molecule has 6 heteroatoms. The third kappa shape index (κ3) is 1.91. The van der Waals surface area contributed by atoms with Gasteiger partial charge < -0.3 is 5.11 Å². The van der Waals surface area contributed by atoms with Gasteiger partial charge in [-0.1, -0.05) is 21.7 Å². The van der Waals surface area contributed by atoms with Crippen molar-refractivity contribution in [2.24, 2.45) is 4.99 Å². The highest BCUT2D eigenvalue weighted by Gasteiger charge is 1.96. The number of aromatic nitrogens is 3. The van der Waals surface area contributed by atoms with Gasteiger partial charge in [-0.25, -0.2) is 4.99 Å². The number of benzene rings is 1. The Kier molecular flexibility index (Phi) is 2.46. The highest BCUT2D eigenvalue weighted by Crippen LogP contribution is 2.15. The van der Waals surface area contributed by atoms with E-state index in [2.05, 4.69) is 19.8 Å². The second kappa shape index (κ2) is 3.93. The summed E-state index contributed by atoms with van der Waals surface area (Å²) in [6.45, 7) is 0. The number of hydrogen-bond acceptors (Lipinski definition) is 6. The molecular formula is C8H6N4OS. The molecule has 5 nitrogen and oxygen atoms in total. The van der Waals surface area contributed by atoms with Crippen LogP contribution in [0.4, 0.5) is 5.13 Å². The van der Waals surface area contributed by atoms with E-state index in [0.717, 1.165) is 11.5 Å². The fraction of sp³-hybridized carbons (Fsp3) is 0. The topological polar surface area (TPSA) is 71.3 Å². The quantitative estimate of drug-likeness (QED) is 0.754. The molecule has 1 N–H and O–H groups in total. The lowest BCUT2D eigenvalue weighted by Crippen LogP contribution is -1.80. The normalized spacial score (nSPS) is 10.9. The molecule has 0 fully saturated rings. The van der Waals surface area contributed by atoms with Gasteiger partial charge in [0, 0.05) is 23.3 Å². The van der Waals surface area contributed by atoms with E-state index < -0.39 is 0 Å². The fourth-order valence-corrected chi connectivity index (χ4v) is 1.22. The maximum absolute atomic E-state index is 9.40. The second-order valence-electron chi connectivity index (χ2n) is 2.46. The minimum atomic E-state index is 0.189. The highest BCUT2D eigenvalue weighted by atomic mass is 32.1. The Morgan fingerprint density at radius 1 is 1.36 bits per heavy atom. The van der Waals surface area contributed by atoms with Crippen LogP contribution in [0.1, 0.15) is 5.56 Å². The fourth-order valence-electron chi connectivity index (χ4n) is 0.900. The molecular weight excluding hydrogens is 200 g/mol. The minimum absolute atomic E-state index is 0.189. The van der Waals surface area contributed by atoms with Crippen molar-refractivity contribution in [2.45, 2.75) is 0 Å². The van der Waals surface area contributed by atoms with E-state index in [0.29, 0.717) is 10.7 Å². The molecule has 1 aromatic carbocycles. The Bertz CT molecular complexity index is 440. The molecule has 14 heavy (non-hydrogen) atoms. The van der Waals surface area contributed by atoms with Gasteiger partial charge in [-0.3, -0.25) is 0 Å². The maximum atomic E-state index is 9.40. The van der Waals surface area contributed by atoms with E-state index >= 15 is 0 Å². The van der Waals surface area contributed by atoms with E-state index in [-0.39, 0.29) is 5.75 Å². The van der Waals surface area contributed by atoms with E-state index in [1.807, 2.05) is 6.07 Å². The summed E-state index contributed by atoms with van der Waals surface area (Å²) in [7, 11) is 0. The van der Waals surface area contributed by atoms with Crippen LogP contribution < -0.4 is 0 Å². The van der Waals surface area contributed by atoms with Crippen molar-refractivity contribution in [1.29, 1.82) is 0 Å². The number of rotatable bonds is 2. The van der Waals surface area contributed by atoms with Gasteiger partial charge in [-0.15, -0.1) is 0 Å². The summed E-state index contributed by atoms with van der Waals surface area (Å²) in [6.07, 6.45) is 1.53. The summed E-state index contributed by atoms with van der Waals surface area (Å²) in [6, 6.07) is 6.92. The van der Waals surface area contributed by atoms with Gasteiger partial charge in [0.1, 0.15) is 5.75 Å². The van der Waals surface area contributed by atoms with E-state index in [1.54, 1.807) is 18.2 Å². The number of phenols is 1. The van der Waals surface area contributed by atoms with Crippen LogP contribution in [0, 0.1) is 0 Å². The Hall–Kier alpha value is -1.82. The zero-order valence-corrected chi connectivity index (χ0v) is 7.85. The SMILES string of the molecule is Oc1ccccc1C=Nc1nnns1. The molecule has 0 saturated carbocycles. The Morgan fingerprint density at radius 3 is 2.93 bits per heavy atom. The molecule has 70 valence electrons. The largest absolute Gasteiger partial charge is 0.507 e. The number of aliphatic imine (C=N–C) groups is 1. The highest BCUT2D eigenvalue weighted by molar-refractivity contribution is 7.09. The number of para-hydroxylation sites is 1. The molecule has 0 radical (unpaired) electrons. The molecule has 0 spiro atoms. The smallest absolute Gasteiger partial charge is 0.251 e. The Morgan fingerprint density at radius 2 is 2.21 bits per heavy atom. The average Bonchev–Trinajstić information content (AvgIpc) is 2.69. The molecule has 0 bridgehead atoms. The Labute approximate surface area is 83.9 Å². The summed E-state index contributed by atoms with van der Waals surface area (Å²) < 4.78 is 3.56. The van der Waals surface area contributed by atoms with Crippen molar-refractivity contribution in [2.75, 3.05) is 0 Å². The third-order valence-corrected chi connectivity index (χ3v) is 2.05. The Balaban J connectivity index is 2.23. The van der Waals surface area contributed by atoms with Crippen LogP contribution in [-0.4, -0.2) is 26.1 Å². The van der Waals surface area contributed by atoms with Crippen molar-refractivity contribution in [3.05, 3.63) is 29.8 Å². The zero-order chi connectivity index (χ0) is 9.80. The monoisotopic (exact) mass is 206 g/mol. The molecule has 1 aromatic heterocycles. The van der Waals surface area contributed by atoms with Crippen LogP contribution in [0.15, 0.2) is 29.3 Å². The molecule has 0 atom stereocenters. The maximum Gasteiger partial charge on any atom is 0.251 e. The summed E-state index contributed by atoms with van der Waals surface area (Å²) in [4.78, 5) is 3.99. The zero-order valence-electron chi connectivity index (χ0n) is 7.03. The third-order valence-electron chi connectivity index (χ3n) is 1.54. The van der Waals surface area contributed by atoms with Crippen LogP contribution in [0.3, 0.4) is 0 Å². The second-order valence-corrected chi connectivity index (χ2v) is 3.17. The summed E-state index contributed by atoms with van der Waals surface area (Å²) in [5, 5.41) is 16.9. The standard InChI is InChI=1S/C8H6N4OS/c13-7-4-2-1-3-6(7)5-9-8-10-11-12-14-8/h1-5,13H. The molecule has 0 saturated heterocycles. The van der Waals surface area contributed by atoms with E-state index in [1.165, 1.54) is 6.21 Å². The van der Waals surface area contributed by atoms with Crippen LogP contribution >= 0.6 is 11.5 Å². The van der Waals surface area contributed by atoms with Gasteiger partial charge in [0.2, 0.25) is 0 Å². The van der Waals surface area contributed by atoms with Crippen molar-refractivity contribution in [3.63, 3.8) is 0 Å². The molecule has 2 rings (SSSR count). The van der Waals surface area contributed by atoms with Gasteiger partial charge in [0.25, 0.3) is 5.13 Å². The molecule has 0 amide bonds. The summed E-state index contributed by atoms with van der Waals surface area (Å²) in [5.41, 5.74) is 0.641. The number of hydrogen-bond donors (Lipinski definition) is 1. The van der Waals surface area contributed by atoms with E-state index in [4.69, 9.17) is 0 Å². The molecule has 1 heterocycles. The minimum Gasteiger partial charge on any atom is -0.507 e. The van der Waals surface area contributed by atoms with Crippen LogP contribution in [0.25, 0.3) is 0 Å².